The molecule has 0 saturated carbocycles. The summed E-state index contributed by atoms with van der Waals surface area (Å²) in [6, 6.07) is 4.28. The standard InChI is InChI=1S/C16H23N3O2S/c1-10(2)15-14(11(3)18-21-15)16(20)17-9-12(19(4)5)13-7-6-8-22-13/h6-8,10,12H,9H2,1-5H3,(H,17,20)/t12-/m1/s1. The molecule has 1 atom stereocenters. The van der Waals surface area contributed by atoms with Crippen LogP contribution in [0.2, 0.25) is 0 Å². The summed E-state index contributed by atoms with van der Waals surface area (Å²) in [6.07, 6.45) is 0. The van der Waals surface area contributed by atoms with Crippen LogP contribution in [0.3, 0.4) is 0 Å². The zero-order chi connectivity index (χ0) is 16.3. The molecule has 0 aromatic carbocycles. The van der Waals surface area contributed by atoms with Gasteiger partial charge in [-0.2, -0.15) is 0 Å². The minimum absolute atomic E-state index is 0.120. The molecule has 2 aromatic rings. The first-order valence-electron chi connectivity index (χ1n) is 7.36. The third-order valence-corrected chi connectivity index (χ3v) is 4.57. The smallest absolute Gasteiger partial charge is 0.256 e. The van der Waals surface area contributed by atoms with Gasteiger partial charge in [0.2, 0.25) is 0 Å². The molecule has 22 heavy (non-hydrogen) atoms. The number of aromatic nitrogens is 1. The van der Waals surface area contributed by atoms with E-state index in [2.05, 4.69) is 26.8 Å². The van der Waals surface area contributed by atoms with Crippen LogP contribution in [-0.4, -0.2) is 36.6 Å². The predicted molar refractivity (Wildman–Crippen MR) is 88.4 cm³/mol. The van der Waals surface area contributed by atoms with Gasteiger partial charge in [0, 0.05) is 17.3 Å². The van der Waals surface area contributed by atoms with Crippen molar-refractivity contribution in [1.29, 1.82) is 0 Å². The van der Waals surface area contributed by atoms with Gasteiger partial charge < -0.3 is 14.7 Å². The molecule has 2 rings (SSSR count). The van der Waals surface area contributed by atoms with Crippen molar-refractivity contribution in [3.63, 3.8) is 0 Å². The first-order chi connectivity index (χ1) is 10.4. The fourth-order valence-corrected chi connectivity index (χ4v) is 3.28. The molecule has 0 radical (unpaired) electrons. The summed E-state index contributed by atoms with van der Waals surface area (Å²) < 4.78 is 5.29. The Balaban J connectivity index is 2.11. The molecular formula is C16H23N3O2S. The number of aryl methyl sites for hydroxylation is 1. The summed E-state index contributed by atoms with van der Waals surface area (Å²) in [5.41, 5.74) is 1.21. The number of likely N-dealkylation sites (N-methyl/N-ethyl adjacent to an activating group) is 1. The van der Waals surface area contributed by atoms with Crippen LogP contribution in [0.5, 0.6) is 0 Å². The number of carbonyl (C=O) groups excluding carboxylic acids is 1. The average molecular weight is 321 g/mol. The molecular weight excluding hydrogens is 298 g/mol. The summed E-state index contributed by atoms with van der Waals surface area (Å²) in [6.45, 7) is 6.33. The highest BCUT2D eigenvalue weighted by atomic mass is 32.1. The molecule has 0 bridgehead atoms. The summed E-state index contributed by atoms with van der Waals surface area (Å²) in [4.78, 5) is 15.9. The maximum Gasteiger partial charge on any atom is 0.256 e. The van der Waals surface area contributed by atoms with E-state index in [0.717, 1.165) is 0 Å². The van der Waals surface area contributed by atoms with E-state index < -0.39 is 0 Å². The highest BCUT2D eigenvalue weighted by Crippen LogP contribution is 2.24. The Morgan fingerprint density at radius 3 is 2.73 bits per heavy atom. The highest BCUT2D eigenvalue weighted by Gasteiger charge is 2.24. The fraction of sp³-hybridized carbons (Fsp3) is 0.500. The molecule has 1 amide bonds. The molecule has 0 aliphatic carbocycles. The van der Waals surface area contributed by atoms with E-state index in [1.807, 2.05) is 34.0 Å². The SMILES string of the molecule is Cc1noc(C(C)C)c1C(=O)NC[C@H](c1cccs1)N(C)C. The Kier molecular flexibility index (Phi) is 5.37. The van der Waals surface area contributed by atoms with Crippen molar-refractivity contribution in [2.75, 3.05) is 20.6 Å². The van der Waals surface area contributed by atoms with E-state index in [9.17, 15) is 4.79 Å². The summed E-state index contributed by atoms with van der Waals surface area (Å²) in [7, 11) is 4.03. The van der Waals surface area contributed by atoms with Gasteiger partial charge in [-0.1, -0.05) is 25.1 Å². The number of thiophene rings is 1. The van der Waals surface area contributed by atoms with Gasteiger partial charge in [0.25, 0.3) is 5.91 Å². The monoisotopic (exact) mass is 321 g/mol. The van der Waals surface area contributed by atoms with E-state index in [4.69, 9.17) is 4.52 Å². The van der Waals surface area contributed by atoms with Crippen molar-refractivity contribution in [3.05, 3.63) is 39.4 Å². The topological polar surface area (TPSA) is 58.4 Å². The van der Waals surface area contributed by atoms with Gasteiger partial charge in [0.1, 0.15) is 5.56 Å². The normalized spacial score (nSPS) is 12.9. The second-order valence-corrected chi connectivity index (χ2v) is 6.85. The molecule has 0 unspecified atom stereocenters. The van der Waals surface area contributed by atoms with Crippen LogP contribution in [-0.2, 0) is 0 Å². The van der Waals surface area contributed by atoms with Gasteiger partial charge in [-0.05, 0) is 32.5 Å². The van der Waals surface area contributed by atoms with Crippen LogP contribution in [0.4, 0.5) is 0 Å². The lowest BCUT2D eigenvalue weighted by Gasteiger charge is -2.23. The molecule has 2 heterocycles. The maximum absolute atomic E-state index is 12.5. The number of hydrogen-bond acceptors (Lipinski definition) is 5. The molecule has 0 spiro atoms. The van der Waals surface area contributed by atoms with E-state index in [-0.39, 0.29) is 17.9 Å². The van der Waals surface area contributed by atoms with Crippen LogP contribution in [0, 0.1) is 6.92 Å². The van der Waals surface area contributed by atoms with E-state index in [1.54, 1.807) is 18.3 Å². The number of rotatable bonds is 6. The zero-order valence-corrected chi connectivity index (χ0v) is 14.5. The largest absolute Gasteiger partial charge is 0.360 e. The lowest BCUT2D eigenvalue weighted by molar-refractivity contribution is 0.0939. The number of hydrogen-bond donors (Lipinski definition) is 1. The first-order valence-corrected chi connectivity index (χ1v) is 8.24. The van der Waals surface area contributed by atoms with Gasteiger partial charge in [-0.25, -0.2) is 0 Å². The number of nitrogens with one attached hydrogen (secondary N) is 1. The van der Waals surface area contributed by atoms with Crippen molar-refractivity contribution < 1.29 is 9.32 Å². The number of amides is 1. The van der Waals surface area contributed by atoms with Gasteiger partial charge in [-0.3, -0.25) is 4.79 Å². The number of nitrogens with zero attached hydrogens (tertiary/aromatic N) is 2. The zero-order valence-electron chi connectivity index (χ0n) is 13.7. The highest BCUT2D eigenvalue weighted by molar-refractivity contribution is 7.10. The Hall–Kier alpha value is -1.66. The van der Waals surface area contributed by atoms with Crippen molar-refractivity contribution in [3.8, 4) is 0 Å². The van der Waals surface area contributed by atoms with Crippen molar-refractivity contribution in [1.82, 2.24) is 15.4 Å². The van der Waals surface area contributed by atoms with Gasteiger partial charge >= 0.3 is 0 Å². The second kappa shape index (κ2) is 7.07. The molecule has 0 saturated heterocycles. The van der Waals surface area contributed by atoms with Crippen LogP contribution in [0.15, 0.2) is 22.0 Å². The minimum atomic E-state index is -0.120. The van der Waals surface area contributed by atoms with Crippen molar-refractivity contribution in [2.45, 2.75) is 32.7 Å². The molecule has 5 nitrogen and oxygen atoms in total. The maximum atomic E-state index is 12.5. The lowest BCUT2D eigenvalue weighted by atomic mass is 10.0. The summed E-state index contributed by atoms with van der Waals surface area (Å²) in [5.74, 6) is 0.655. The molecule has 0 aliphatic rings. The van der Waals surface area contributed by atoms with Crippen molar-refractivity contribution >= 4 is 17.2 Å². The fourth-order valence-electron chi connectivity index (χ4n) is 2.35. The molecule has 2 aromatic heterocycles. The number of carbonyl (C=O) groups is 1. The van der Waals surface area contributed by atoms with Gasteiger partial charge in [0.05, 0.1) is 11.7 Å². The first kappa shape index (κ1) is 16.7. The summed E-state index contributed by atoms with van der Waals surface area (Å²) in [5, 5.41) is 8.99. The third kappa shape index (κ3) is 3.56. The van der Waals surface area contributed by atoms with E-state index in [0.29, 0.717) is 23.6 Å². The Morgan fingerprint density at radius 1 is 1.45 bits per heavy atom. The molecule has 6 heteroatoms. The van der Waals surface area contributed by atoms with E-state index in [1.165, 1.54) is 4.88 Å². The Bertz CT molecular complexity index is 617. The van der Waals surface area contributed by atoms with Gasteiger partial charge in [-0.15, -0.1) is 11.3 Å². The second-order valence-electron chi connectivity index (χ2n) is 5.87. The Morgan fingerprint density at radius 2 is 2.18 bits per heavy atom. The van der Waals surface area contributed by atoms with Crippen LogP contribution < -0.4 is 5.32 Å². The quantitative estimate of drug-likeness (QED) is 0.887. The minimum Gasteiger partial charge on any atom is -0.360 e. The van der Waals surface area contributed by atoms with Crippen molar-refractivity contribution in [2.24, 2.45) is 0 Å². The summed E-state index contributed by atoms with van der Waals surface area (Å²) >= 11 is 1.70. The average Bonchev–Trinajstić information content (AvgIpc) is 3.07. The van der Waals surface area contributed by atoms with Crippen LogP contribution in [0.25, 0.3) is 0 Å². The molecule has 0 fully saturated rings. The molecule has 1 N–H and O–H groups in total. The predicted octanol–water partition coefficient (Wildman–Crippen LogP) is 3.20. The van der Waals surface area contributed by atoms with Gasteiger partial charge in [0.15, 0.2) is 5.76 Å². The molecule has 0 aliphatic heterocycles. The Labute approximate surface area is 135 Å². The van der Waals surface area contributed by atoms with E-state index >= 15 is 0 Å². The van der Waals surface area contributed by atoms with Crippen LogP contribution in [0.1, 0.15) is 52.5 Å². The lowest BCUT2D eigenvalue weighted by Crippen LogP contribution is -2.34. The third-order valence-electron chi connectivity index (χ3n) is 3.59. The molecule has 120 valence electrons. The van der Waals surface area contributed by atoms with Crippen LogP contribution >= 0.6 is 11.3 Å².